The molecule has 1 rings (SSSR count). The number of hydrogen-bond acceptors (Lipinski definition) is 4. The Kier molecular flexibility index (Phi) is 4.66. The van der Waals surface area contributed by atoms with E-state index >= 15 is 0 Å². The smallest absolute Gasteiger partial charge is 0.326 e. The van der Waals surface area contributed by atoms with E-state index in [1.165, 1.54) is 11.3 Å². The molecule has 0 aliphatic heterocycles. The van der Waals surface area contributed by atoms with Gasteiger partial charge in [0, 0.05) is 4.88 Å². The number of carboxylic acid groups (broad SMARTS) is 1. The van der Waals surface area contributed by atoms with E-state index in [-0.39, 0.29) is 5.92 Å². The van der Waals surface area contributed by atoms with Gasteiger partial charge in [0.25, 0.3) is 0 Å². The molecule has 0 unspecified atom stereocenters. The molecule has 18 heavy (non-hydrogen) atoms. The SMILES string of the molecule is Cc1nc(NC(=O)N[C@@H](C(=O)O)C(C)C)sc1C. The summed E-state index contributed by atoms with van der Waals surface area (Å²) in [5.74, 6) is -1.24. The molecule has 1 atom stereocenters. The summed E-state index contributed by atoms with van der Waals surface area (Å²) < 4.78 is 0. The zero-order valence-corrected chi connectivity index (χ0v) is 11.6. The summed E-state index contributed by atoms with van der Waals surface area (Å²) in [5, 5.41) is 14.4. The maximum absolute atomic E-state index is 11.6. The van der Waals surface area contributed by atoms with Gasteiger partial charge in [0.1, 0.15) is 6.04 Å². The molecule has 0 spiro atoms. The molecule has 0 saturated carbocycles. The number of thiazole rings is 1. The van der Waals surface area contributed by atoms with E-state index < -0.39 is 18.0 Å². The summed E-state index contributed by atoms with van der Waals surface area (Å²) >= 11 is 1.36. The average Bonchev–Trinajstić information content (AvgIpc) is 2.53. The fraction of sp³-hybridized carbons (Fsp3) is 0.545. The van der Waals surface area contributed by atoms with Gasteiger partial charge in [-0.25, -0.2) is 14.6 Å². The molecule has 2 amide bonds. The number of nitrogens with zero attached hydrogens (tertiary/aromatic N) is 1. The number of urea groups is 1. The molecule has 6 nitrogen and oxygen atoms in total. The predicted octanol–water partition coefficient (Wildman–Crippen LogP) is 1.99. The van der Waals surface area contributed by atoms with Crippen LogP contribution >= 0.6 is 11.3 Å². The van der Waals surface area contributed by atoms with Crippen LogP contribution in [-0.2, 0) is 4.79 Å². The molecular weight excluding hydrogens is 254 g/mol. The summed E-state index contributed by atoms with van der Waals surface area (Å²) in [5.41, 5.74) is 0.856. The first-order chi connectivity index (χ1) is 8.31. The van der Waals surface area contributed by atoms with Gasteiger partial charge in [-0.15, -0.1) is 11.3 Å². The fourth-order valence-corrected chi connectivity index (χ4v) is 2.12. The normalized spacial score (nSPS) is 12.3. The van der Waals surface area contributed by atoms with Gasteiger partial charge in [0.15, 0.2) is 5.13 Å². The van der Waals surface area contributed by atoms with E-state index in [2.05, 4.69) is 15.6 Å². The van der Waals surface area contributed by atoms with E-state index in [0.717, 1.165) is 10.6 Å². The highest BCUT2D eigenvalue weighted by molar-refractivity contribution is 7.15. The molecule has 0 aromatic carbocycles. The van der Waals surface area contributed by atoms with Crippen molar-refractivity contribution >= 4 is 28.5 Å². The number of carbonyl (C=O) groups excluding carboxylic acids is 1. The van der Waals surface area contributed by atoms with Gasteiger partial charge < -0.3 is 10.4 Å². The van der Waals surface area contributed by atoms with Crippen molar-refractivity contribution in [1.29, 1.82) is 0 Å². The van der Waals surface area contributed by atoms with Crippen LogP contribution in [0.25, 0.3) is 0 Å². The minimum atomic E-state index is -1.05. The maximum atomic E-state index is 11.6. The van der Waals surface area contributed by atoms with Gasteiger partial charge in [0.2, 0.25) is 0 Å². The predicted molar refractivity (Wildman–Crippen MR) is 70.0 cm³/mol. The molecule has 0 saturated heterocycles. The van der Waals surface area contributed by atoms with Gasteiger partial charge in [0.05, 0.1) is 5.69 Å². The van der Waals surface area contributed by atoms with Gasteiger partial charge >= 0.3 is 12.0 Å². The number of amides is 2. The Bertz CT molecular complexity index is 437. The molecule has 1 heterocycles. The first kappa shape index (κ1) is 14.4. The summed E-state index contributed by atoms with van der Waals surface area (Å²) in [6.07, 6.45) is 0. The van der Waals surface area contributed by atoms with Crippen molar-refractivity contribution in [3.05, 3.63) is 10.6 Å². The average molecular weight is 271 g/mol. The number of aromatic nitrogens is 1. The van der Waals surface area contributed by atoms with E-state index in [0.29, 0.717) is 5.13 Å². The number of carbonyl (C=O) groups is 2. The standard InChI is InChI=1S/C11H17N3O3S/c1-5(2)8(9(15)16)13-10(17)14-11-12-6(3)7(4)18-11/h5,8H,1-4H3,(H,15,16)(H2,12,13,14,17)/t8-/m1/s1. The van der Waals surface area contributed by atoms with Crippen molar-refractivity contribution in [2.75, 3.05) is 5.32 Å². The Hall–Kier alpha value is -1.63. The van der Waals surface area contributed by atoms with Crippen LogP contribution in [0.5, 0.6) is 0 Å². The Labute approximate surface area is 109 Å². The van der Waals surface area contributed by atoms with E-state index in [1.807, 2.05) is 13.8 Å². The van der Waals surface area contributed by atoms with Gasteiger partial charge in [-0.3, -0.25) is 5.32 Å². The zero-order chi connectivity index (χ0) is 13.9. The van der Waals surface area contributed by atoms with Crippen LogP contribution in [0.2, 0.25) is 0 Å². The van der Waals surface area contributed by atoms with Crippen LogP contribution in [-0.4, -0.2) is 28.1 Å². The first-order valence-electron chi connectivity index (χ1n) is 5.55. The van der Waals surface area contributed by atoms with Gasteiger partial charge in [-0.2, -0.15) is 0 Å². The van der Waals surface area contributed by atoms with E-state index in [9.17, 15) is 9.59 Å². The topological polar surface area (TPSA) is 91.3 Å². The number of aliphatic carboxylic acids is 1. The van der Waals surface area contributed by atoms with E-state index in [4.69, 9.17) is 5.11 Å². The maximum Gasteiger partial charge on any atom is 0.326 e. The molecule has 7 heteroatoms. The van der Waals surface area contributed by atoms with Crippen molar-refractivity contribution in [3.8, 4) is 0 Å². The fourth-order valence-electron chi connectivity index (χ4n) is 1.31. The molecule has 0 radical (unpaired) electrons. The number of carboxylic acids is 1. The van der Waals surface area contributed by atoms with Crippen LogP contribution in [0.1, 0.15) is 24.4 Å². The van der Waals surface area contributed by atoms with Crippen molar-refractivity contribution in [3.63, 3.8) is 0 Å². The minimum absolute atomic E-state index is 0.187. The zero-order valence-electron chi connectivity index (χ0n) is 10.8. The number of nitrogens with one attached hydrogen (secondary N) is 2. The molecule has 1 aromatic rings. The number of aryl methyl sites for hydroxylation is 2. The Morgan fingerprint density at radius 1 is 1.33 bits per heavy atom. The molecule has 1 aromatic heterocycles. The lowest BCUT2D eigenvalue weighted by Gasteiger charge is -2.17. The van der Waals surface area contributed by atoms with Crippen LogP contribution in [0.15, 0.2) is 0 Å². The number of rotatable bonds is 4. The molecule has 0 aliphatic rings. The second-order valence-corrected chi connectivity index (χ2v) is 5.52. The van der Waals surface area contributed by atoms with Crippen LogP contribution < -0.4 is 10.6 Å². The van der Waals surface area contributed by atoms with E-state index in [1.54, 1.807) is 13.8 Å². The van der Waals surface area contributed by atoms with Crippen molar-refractivity contribution in [2.24, 2.45) is 5.92 Å². The van der Waals surface area contributed by atoms with Crippen LogP contribution in [0.4, 0.5) is 9.93 Å². The molecule has 0 bridgehead atoms. The van der Waals surface area contributed by atoms with Crippen molar-refractivity contribution in [2.45, 2.75) is 33.7 Å². The molecule has 3 N–H and O–H groups in total. The third-order valence-corrected chi connectivity index (χ3v) is 3.46. The summed E-state index contributed by atoms with van der Waals surface area (Å²) in [7, 11) is 0. The minimum Gasteiger partial charge on any atom is -0.480 e. The number of anilines is 1. The van der Waals surface area contributed by atoms with Crippen LogP contribution in [0, 0.1) is 19.8 Å². The second-order valence-electron chi connectivity index (χ2n) is 4.32. The lowest BCUT2D eigenvalue weighted by atomic mass is 10.1. The first-order valence-corrected chi connectivity index (χ1v) is 6.37. The summed E-state index contributed by atoms with van der Waals surface area (Å²) in [4.78, 5) is 27.7. The highest BCUT2D eigenvalue weighted by atomic mass is 32.1. The Morgan fingerprint density at radius 3 is 2.33 bits per heavy atom. The molecule has 0 fully saturated rings. The monoisotopic (exact) mass is 271 g/mol. The Balaban J connectivity index is 2.63. The lowest BCUT2D eigenvalue weighted by Crippen LogP contribution is -2.46. The molecular formula is C11H17N3O3S. The largest absolute Gasteiger partial charge is 0.480 e. The second kappa shape index (κ2) is 5.81. The Morgan fingerprint density at radius 2 is 1.94 bits per heavy atom. The van der Waals surface area contributed by atoms with Gasteiger partial charge in [-0.1, -0.05) is 13.8 Å². The third-order valence-electron chi connectivity index (χ3n) is 2.47. The highest BCUT2D eigenvalue weighted by Crippen LogP contribution is 2.20. The summed E-state index contributed by atoms with van der Waals surface area (Å²) in [6.45, 7) is 7.22. The van der Waals surface area contributed by atoms with Crippen molar-refractivity contribution in [1.82, 2.24) is 10.3 Å². The summed E-state index contributed by atoms with van der Waals surface area (Å²) in [6, 6.07) is -1.46. The third kappa shape index (κ3) is 3.69. The quantitative estimate of drug-likeness (QED) is 0.781. The van der Waals surface area contributed by atoms with Gasteiger partial charge in [-0.05, 0) is 19.8 Å². The molecule has 0 aliphatic carbocycles. The van der Waals surface area contributed by atoms with Crippen molar-refractivity contribution < 1.29 is 14.7 Å². The molecule has 100 valence electrons. The lowest BCUT2D eigenvalue weighted by molar-refractivity contribution is -0.140. The number of hydrogen-bond donors (Lipinski definition) is 3. The van der Waals surface area contributed by atoms with Crippen LogP contribution in [0.3, 0.4) is 0 Å². The highest BCUT2D eigenvalue weighted by Gasteiger charge is 2.23.